The normalized spacial score (nSPS) is 32.2. The molecule has 1 aliphatic carbocycles. The molecule has 0 aromatic heterocycles. The number of carbonyl (C=O) groups is 2. The van der Waals surface area contributed by atoms with Gasteiger partial charge in [-0.3, -0.25) is 15.0 Å². The molecule has 4 atom stereocenters. The number of amides is 2. The van der Waals surface area contributed by atoms with Gasteiger partial charge in [0.25, 0.3) is 0 Å². The van der Waals surface area contributed by atoms with Crippen molar-refractivity contribution >= 4 is 17.5 Å². The van der Waals surface area contributed by atoms with Crippen LogP contribution in [-0.4, -0.2) is 84.5 Å². The molecule has 0 spiro atoms. The summed E-state index contributed by atoms with van der Waals surface area (Å²) in [6.45, 7) is 3.74. The molecule has 0 bridgehead atoms. The fourth-order valence-corrected chi connectivity index (χ4v) is 5.76. The number of anilines is 1. The number of rotatable bonds is 2. The van der Waals surface area contributed by atoms with Gasteiger partial charge in [-0.1, -0.05) is 0 Å². The zero-order valence-corrected chi connectivity index (χ0v) is 17.5. The quantitative estimate of drug-likeness (QED) is 0.783. The lowest BCUT2D eigenvalue weighted by Gasteiger charge is -2.51. The predicted octanol–water partition coefficient (Wildman–Crippen LogP) is 1.06. The highest BCUT2D eigenvalue weighted by molar-refractivity contribution is 5.84. The highest BCUT2D eigenvalue weighted by Crippen LogP contribution is 2.37. The minimum atomic E-state index is -0.232. The molecule has 1 aromatic rings. The first-order chi connectivity index (χ1) is 14.5. The van der Waals surface area contributed by atoms with E-state index < -0.39 is 0 Å². The summed E-state index contributed by atoms with van der Waals surface area (Å²) in [6.07, 6.45) is 3.44. The Morgan fingerprint density at radius 3 is 2.50 bits per heavy atom. The van der Waals surface area contributed by atoms with Crippen molar-refractivity contribution in [2.75, 3.05) is 44.7 Å². The van der Waals surface area contributed by atoms with E-state index in [1.807, 2.05) is 16.8 Å². The first-order valence-corrected chi connectivity index (χ1v) is 11.1. The second kappa shape index (κ2) is 7.81. The van der Waals surface area contributed by atoms with Crippen molar-refractivity contribution in [3.63, 3.8) is 0 Å². The van der Waals surface area contributed by atoms with E-state index in [1.165, 1.54) is 12.1 Å². The van der Waals surface area contributed by atoms with Gasteiger partial charge in [0.1, 0.15) is 11.9 Å². The molecule has 2 amide bonds. The van der Waals surface area contributed by atoms with Crippen LogP contribution in [0.4, 0.5) is 10.1 Å². The van der Waals surface area contributed by atoms with Gasteiger partial charge >= 0.3 is 0 Å². The molecule has 4 unspecified atom stereocenters. The van der Waals surface area contributed by atoms with Gasteiger partial charge in [0.2, 0.25) is 11.8 Å². The van der Waals surface area contributed by atoms with Gasteiger partial charge in [-0.15, -0.1) is 0 Å². The standard InChI is InChI=1S/C22H30FN5O2/c1-25-20-14-15(2-7-18(20)28-19(22(25)30)8-9-24-28)21(29)27-12-10-26(11-13-27)17-5-3-16(23)4-6-17/h3-6,15,18-20,24H,2,7-14H2,1H3. The molecule has 4 aliphatic rings. The van der Waals surface area contributed by atoms with E-state index in [4.69, 9.17) is 0 Å². The molecule has 3 heterocycles. The molecule has 1 saturated carbocycles. The summed E-state index contributed by atoms with van der Waals surface area (Å²) in [4.78, 5) is 32.1. The van der Waals surface area contributed by atoms with E-state index in [0.29, 0.717) is 19.1 Å². The Bertz CT molecular complexity index is 810. The number of hydrazine groups is 1. The lowest BCUT2D eigenvalue weighted by molar-refractivity contribution is -0.155. The minimum Gasteiger partial charge on any atom is -0.368 e. The van der Waals surface area contributed by atoms with Crippen molar-refractivity contribution in [1.29, 1.82) is 0 Å². The molecule has 1 N–H and O–H groups in total. The van der Waals surface area contributed by atoms with Gasteiger partial charge in [0, 0.05) is 63.5 Å². The monoisotopic (exact) mass is 415 g/mol. The third kappa shape index (κ3) is 3.36. The summed E-state index contributed by atoms with van der Waals surface area (Å²) < 4.78 is 13.2. The lowest BCUT2D eigenvalue weighted by atomic mass is 9.78. The van der Waals surface area contributed by atoms with Crippen LogP contribution < -0.4 is 10.3 Å². The molecule has 3 saturated heterocycles. The fraction of sp³-hybridized carbons (Fsp3) is 0.636. The van der Waals surface area contributed by atoms with Crippen molar-refractivity contribution in [2.45, 2.75) is 43.8 Å². The van der Waals surface area contributed by atoms with Crippen LogP contribution in [0, 0.1) is 11.7 Å². The van der Waals surface area contributed by atoms with Crippen LogP contribution in [0.15, 0.2) is 24.3 Å². The smallest absolute Gasteiger partial charge is 0.241 e. The number of hydrogen-bond donors (Lipinski definition) is 1. The van der Waals surface area contributed by atoms with Crippen LogP contribution >= 0.6 is 0 Å². The Hall–Kier alpha value is -2.19. The number of nitrogens with zero attached hydrogens (tertiary/aromatic N) is 4. The second-order valence-electron chi connectivity index (χ2n) is 9.00. The summed E-state index contributed by atoms with van der Waals surface area (Å²) in [5.41, 5.74) is 4.40. The minimum absolute atomic E-state index is 0.0157. The Labute approximate surface area is 176 Å². The van der Waals surface area contributed by atoms with Gasteiger partial charge in [-0.05, 0) is 49.9 Å². The molecule has 0 radical (unpaired) electrons. The number of benzene rings is 1. The van der Waals surface area contributed by atoms with Crippen molar-refractivity contribution in [3.8, 4) is 0 Å². The summed E-state index contributed by atoms with van der Waals surface area (Å²) in [7, 11) is 1.91. The molecule has 5 rings (SSSR count). The first-order valence-electron chi connectivity index (χ1n) is 11.1. The van der Waals surface area contributed by atoms with Gasteiger partial charge in [-0.2, -0.15) is 0 Å². The highest BCUT2D eigenvalue weighted by atomic mass is 19.1. The Kier molecular flexibility index (Phi) is 5.14. The topological polar surface area (TPSA) is 59.1 Å². The number of carbonyl (C=O) groups excluding carboxylic acids is 2. The van der Waals surface area contributed by atoms with Crippen molar-refractivity contribution < 1.29 is 14.0 Å². The van der Waals surface area contributed by atoms with Crippen molar-refractivity contribution in [3.05, 3.63) is 30.1 Å². The van der Waals surface area contributed by atoms with Crippen molar-refractivity contribution in [1.82, 2.24) is 20.2 Å². The first kappa shape index (κ1) is 19.8. The third-order valence-corrected chi connectivity index (χ3v) is 7.45. The molecule has 7 nitrogen and oxygen atoms in total. The zero-order chi connectivity index (χ0) is 20.8. The molecule has 1 aromatic carbocycles. The molecular weight excluding hydrogens is 385 g/mol. The largest absolute Gasteiger partial charge is 0.368 e. The highest BCUT2D eigenvalue weighted by Gasteiger charge is 2.50. The maximum atomic E-state index is 13.3. The van der Waals surface area contributed by atoms with Crippen LogP contribution in [0.3, 0.4) is 0 Å². The summed E-state index contributed by atoms with van der Waals surface area (Å²) >= 11 is 0. The van der Waals surface area contributed by atoms with Crippen LogP contribution in [0.1, 0.15) is 25.7 Å². The van der Waals surface area contributed by atoms with Crippen LogP contribution in [0.5, 0.6) is 0 Å². The summed E-state index contributed by atoms with van der Waals surface area (Å²) in [6, 6.07) is 6.91. The zero-order valence-electron chi connectivity index (χ0n) is 17.5. The molecule has 8 heteroatoms. The second-order valence-corrected chi connectivity index (χ2v) is 9.00. The maximum Gasteiger partial charge on any atom is 0.241 e. The number of piperazine rings is 2. The van der Waals surface area contributed by atoms with Crippen LogP contribution in [-0.2, 0) is 9.59 Å². The number of fused-ring (bicyclic) bond motifs is 3. The van der Waals surface area contributed by atoms with Gasteiger partial charge in [-0.25, -0.2) is 9.40 Å². The average Bonchev–Trinajstić information content (AvgIpc) is 3.27. The maximum absolute atomic E-state index is 13.3. The van der Waals surface area contributed by atoms with Gasteiger partial charge < -0.3 is 14.7 Å². The predicted molar refractivity (Wildman–Crippen MR) is 111 cm³/mol. The molecule has 3 aliphatic heterocycles. The van der Waals surface area contributed by atoms with E-state index in [2.05, 4.69) is 15.3 Å². The fourth-order valence-electron chi connectivity index (χ4n) is 5.76. The Morgan fingerprint density at radius 2 is 1.77 bits per heavy atom. The summed E-state index contributed by atoms with van der Waals surface area (Å²) in [5.74, 6) is 0.162. The SMILES string of the molecule is CN1C(=O)C2CCNN2C2CCC(C(=O)N3CCN(c4ccc(F)cc4)CC3)CC21. The number of likely N-dealkylation sites (N-methyl/N-ethyl adjacent to an activating group) is 1. The van der Waals surface area contributed by atoms with E-state index in [-0.39, 0.29) is 35.6 Å². The Balaban J connectivity index is 1.20. The van der Waals surface area contributed by atoms with Gasteiger partial charge in [0.05, 0.1) is 0 Å². The third-order valence-electron chi connectivity index (χ3n) is 7.45. The van der Waals surface area contributed by atoms with E-state index in [0.717, 1.165) is 51.0 Å². The van der Waals surface area contributed by atoms with Crippen LogP contribution in [0.2, 0.25) is 0 Å². The lowest BCUT2D eigenvalue weighted by Crippen LogP contribution is -2.67. The molecule has 30 heavy (non-hydrogen) atoms. The Morgan fingerprint density at radius 1 is 1.03 bits per heavy atom. The summed E-state index contributed by atoms with van der Waals surface area (Å²) in [5, 5.41) is 2.18. The number of hydrogen-bond acceptors (Lipinski definition) is 5. The molecule has 4 fully saturated rings. The number of halogens is 1. The van der Waals surface area contributed by atoms with E-state index >= 15 is 0 Å². The van der Waals surface area contributed by atoms with Gasteiger partial charge in [0.15, 0.2) is 0 Å². The average molecular weight is 416 g/mol. The molecule has 162 valence electrons. The van der Waals surface area contributed by atoms with E-state index in [9.17, 15) is 14.0 Å². The van der Waals surface area contributed by atoms with E-state index in [1.54, 1.807) is 12.1 Å². The number of nitrogens with one attached hydrogen (secondary N) is 1. The molecular formula is C22H30FN5O2. The van der Waals surface area contributed by atoms with Crippen molar-refractivity contribution in [2.24, 2.45) is 5.92 Å². The van der Waals surface area contributed by atoms with Crippen LogP contribution in [0.25, 0.3) is 0 Å².